The minimum absolute atomic E-state index is 0.0400. The summed E-state index contributed by atoms with van der Waals surface area (Å²) in [6, 6.07) is 0. The third-order valence-electron chi connectivity index (χ3n) is 2.72. The molecule has 0 aliphatic rings. The highest BCUT2D eigenvalue weighted by molar-refractivity contribution is 6.00. The van der Waals surface area contributed by atoms with E-state index in [0.717, 1.165) is 0 Å². The maximum Gasteiger partial charge on any atom is 0.339 e. The molecule has 0 aromatic heterocycles. The molecule has 6 nitrogen and oxygen atoms in total. The molecule has 0 fully saturated rings. The lowest BCUT2D eigenvalue weighted by atomic mass is 9.96. The summed E-state index contributed by atoms with van der Waals surface area (Å²) in [5, 5.41) is 18.3. The Bertz CT molecular complexity index is 470. The largest absolute Gasteiger partial charge is 0.496 e. The number of aromatic carboxylic acids is 2. The SMILES string of the molecule is COc1c(C)c(C(=O)O)c(OC)c(C)c1C(=O)O. The van der Waals surface area contributed by atoms with Gasteiger partial charge >= 0.3 is 11.9 Å². The molecule has 1 aromatic rings. The fraction of sp³-hybridized carbons (Fsp3) is 0.333. The molecule has 1 rings (SSSR count). The Hall–Kier alpha value is -2.24. The highest BCUT2D eigenvalue weighted by atomic mass is 16.5. The van der Waals surface area contributed by atoms with Gasteiger partial charge in [-0.3, -0.25) is 0 Å². The van der Waals surface area contributed by atoms with Crippen molar-refractivity contribution in [3.8, 4) is 11.5 Å². The molecule has 98 valence electrons. The molecule has 0 saturated heterocycles. The average Bonchev–Trinajstić information content (AvgIpc) is 2.29. The van der Waals surface area contributed by atoms with E-state index in [2.05, 4.69) is 0 Å². The van der Waals surface area contributed by atoms with Gasteiger partial charge in [-0.05, 0) is 13.8 Å². The third-order valence-corrected chi connectivity index (χ3v) is 2.72. The molecular weight excluding hydrogens is 240 g/mol. The molecule has 0 heterocycles. The Balaban J connectivity index is 3.85. The quantitative estimate of drug-likeness (QED) is 0.849. The number of carboxylic acid groups (broad SMARTS) is 2. The molecule has 18 heavy (non-hydrogen) atoms. The number of hydrogen-bond acceptors (Lipinski definition) is 4. The number of benzene rings is 1. The van der Waals surface area contributed by atoms with E-state index < -0.39 is 11.9 Å². The van der Waals surface area contributed by atoms with Crippen LogP contribution in [0.3, 0.4) is 0 Å². The van der Waals surface area contributed by atoms with Gasteiger partial charge in [0.1, 0.15) is 22.6 Å². The minimum atomic E-state index is -1.19. The fourth-order valence-corrected chi connectivity index (χ4v) is 1.97. The Kier molecular flexibility index (Phi) is 3.80. The van der Waals surface area contributed by atoms with Crippen molar-refractivity contribution in [2.45, 2.75) is 13.8 Å². The van der Waals surface area contributed by atoms with Crippen molar-refractivity contribution in [3.63, 3.8) is 0 Å². The second-order valence-corrected chi connectivity index (χ2v) is 3.68. The summed E-state index contributed by atoms with van der Waals surface area (Å²) < 4.78 is 10.0. The van der Waals surface area contributed by atoms with Crippen LogP contribution >= 0.6 is 0 Å². The topological polar surface area (TPSA) is 93.1 Å². The molecule has 0 aliphatic heterocycles. The predicted molar refractivity (Wildman–Crippen MR) is 62.9 cm³/mol. The monoisotopic (exact) mass is 254 g/mol. The molecule has 0 spiro atoms. The van der Waals surface area contributed by atoms with E-state index in [1.54, 1.807) is 0 Å². The Morgan fingerprint density at radius 2 is 1.11 bits per heavy atom. The van der Waals surface area contributed by atoms with Crippen LogP contribution < -0.4 is 9.47 Å². The second-order valence-electron chi connectivity index (χ2n) is 3.68. The zero-order chi connectivity index (χ0) is 14.0. The number of rotatable bonds is 4. The van der Waals surface area contributed by atoms with Crippen LogP contribution in [0.1, 0.15) is 31.8 Å². The summed E-state index contributed by atoms with van der Waals surface area (Å²) in [6.07, 6.45) is 0. The van der Waals surface area contributed by atoms with E-state index in [0.29, 0.717) is 0 Å². The van der Waals surface area contributed by atoms with Gasteiger partial charge in [0.2, 0.25) is 0 Å². The third kappa shape index (κ3) is 1.97. The first-order valence-corrected chi connectivity index (χ1v) is 5.08. The van der Waals surface area contributed by atoms with Crippen LogP contribution in [0.15, 0.2) is 0 Å². The number of carbonyl (C=O) groups is 2. The van der Waals surface area contributed by atoms with Crippen LogP contribution in [-0.2, 0) is 0 Å². The maximum atomic E-state index is 11.2. The van der Waals surface area contributed by atoms with Gasteiger partial charge in [-0.15, -0.1) is 0 Å². The van der Waals surface area contributed by atoms with Crippen molar-refractivity contribution in [2.75, 3.05) is 14.2 Å². The van der Waals surface area contributed by atoms with Gasteiger partial charge in [-0.2, -0.15) is 0 Å². The van der Waals surface area contributed by atoms with Gasteiger partial charge in [0.05, 0.1) is 14.2 Å². The van der Waals surface area contributed by atoms with Crippen molar-refractivity contribution in [1.82, 2.24) is 0 Å². The lowest BCUT2D eigenvalue weighted by Gasteiger charge is -2.17. The highest BCUT2D eigenvalue weighted by Gasteiger charge is 2.27. The van der Waals surface area contributed by atoms with Gasteiger partial charge in [0, 0.05) is 11.1 Å². The summed E-state index contributed by atoms with van der Waals surface area (Å²) >= 11 is 0. The van der Waals surface area contributed by atoms with Crippen LogP contribution in [0, 0.1) is 13.8 Å². The van der Waals surface area contributed by atoms with E-state index in [9.17, 15) is 9.59 Å². The second kappa shape index (κ2) is 4.95. The van der Waals surface area contributed by atoms with E-state index in [1.165, 1.54) is 28.1 Å². The smallest absolute Gasteiger partial charge is 0.339 e. The number of methoxy groups -OCH3 is 2. The van der Waals surface area contributed by atoms with Crippen molar-refractivity contribution in [2.24, 2.45) is 0 Å². The molecule has 0 saturated carbocycles. The van der Waals surface area contributed by atoms with Gasteiger partial charge in [0.25, 0.3) is 0 Å². The zero-order valence-corrected chi connectivity index (χ0v) is 10.5. The number of ether oxygens (including phenoxy) is 2. The maximum absolute atomic E-state index is 11.2. The molecule has 2 N–H and O–H groups in total. The van der Waals surface area contributed by atoms with E-state index in [-0.39, 0.29) is 33.8 Å². The molecule has 6 heteroatoms. The van der Waals surface area contributed by atoms with Crippen LogP contribution in [0.2, 0.25) is 0 Å². The Labute approximate surface area is 104 Å². The highest BCUT2D eigenvalue weighted by Crippen LogP contribution is 2.37. The lowest BCUT2D eigenvalue weighted by Crippen LogP contribution is -2.12. The molecule has 0 bridgehead atoms. The van der Waals surface area contributed by atoms with Gasteiger partial charge in [-0.25, -0.2) is 9.59 Å². The van der Waals surface area contributed by atoms with Crippen molar-refractivity contribution in [3.05, 3.63) is 22.3 Å². The predicted octanol–water partition coefficient (Wildman–Crippen LogP) is 1.72. The van der Waals surface area contributed by atoms with Crippen LogP contribution in [-0.4, -0.2) is 36.4 Å². The summed E-state index contributed by atoms with van der Waals surface area (Å²) in [7, 11) is 2.60. The standard InChI is InChI=1S/C12H14O6/c1-5-7(11(13)14)10(18-4)6(2)8(12(15)16)9(5)17-3/h1-4H3,(H,13,14)(H,15,16). The van der Waals surface area contributed by atoms with E-state index in [1.807, 2.05) is 0 Å². The van der Waals surface area contributed by atoms with Gasteiger partial charge < -0.3 is 19.7 Å². The molecule has 1 aromatic carbocycles. The molecule has 0 amide bonds. The summed E-state index contributed by atoms with van der Waals surface area (Å²) in [6.45, 7) is 2.97. The lowest BCUT2D eigenvalue weighted by molar-refractivity contribution is 0.0672. The summed E-state index contributed by atoms with van der Waals surface area (Å²) in [5.74, 6) is -2.30. The molecule has 0 unspecified atom stereocenters. The summed E-state index contributed by atoms with van der Waals surface area (Å²) in [5.41, 5.74) is 0.281. The molecular formula is C12H14O6. The van der Waals surface area contributed by atoms with Gasteiger partial charge in [-0.1, -0.05) is 0 Å². The van der Waals surface area contributed by atoms with Crippen LogP contribution in [0.5, 0.6) is 11.5 Å². The first-order chi connectivity index (χ1) is 8.36. The van der Waals surface area contributed by atoms with Crippen LogP contribution in [0.25, 0.3) is 0 Å². The average molecular weight is 254 g/mol. The van der Waals surface area contributed by atoms with E-state index in [4.69, 9.17) is 19.7 Å². The zero-order valence-electron chi connectivity index (χ0n) is 10.5. The normalized spacial score (nSPS) is 10.0. The molecule has 0 atom stereocenters. The first-order valence-electron chi connectivity index (χ1n) is 5.08. The van der Waals surface area contributed by atoms with Crippen molar-refractivity contribution < 1.29 is 29.3 Å². The minimum Gasteiger partial charge on any atom is -0.496 e. The fourth-order valence-electron chi connectivity index (χ4n) is 1.97. The number of carboxylic acids is 2. The van der Waals surface area contributed by atoms with E-state index >= 15 is 0 Å². The van der Waals surface area contributed by atoms with Gasteiger partial charge in [0.15, 0.2) is 0 Å². The van der Waals surface area contributed by atoms with Crippen molar-refractivity contribution >= 4 is 11.9 Å². The molecule has 0 aliphatic carbocycles. The molecule has 0 radical (unpaired) electrons. The number of hydrogen-bond donors (Lipinski definition) is 2. The Morgan fingerprint density at radius 3 is 1.28 bits per heavy atom. The van der Waals surface area contributed by atoms with Crippen LogP contribution in [0.4, 0.5) is 0 Å². The first kappa shape index (κ1) is 13.8. The van der Waals surface area contributed by atoms with Crippen molar-refractivity contribution in [1.29, 1.82) is 0 Å². The summed E-state index contributed by atoms with van der Waals surface area (Å²) in [4.78, 5) is 22.4. The Morgan fingerprint density at radius 1 is 0.833 bits per heavy atom.